The Morgan fingerprint density at radius 2 is 1.21 bits per heavy atom. The van der Waals surface area contributed by atoms with Crippen LogP contribution in [0.2, 0.25) is 10.0 Å². The maximum Gasteiger partial charge on any atom is 0.330 e. The summed E-state index contributed by atoms with van der Waals surface area (Å²) in [6.45, 7) is 3.38. The Labute approximate surface area is 637 Å². The van der Waals surface area contributed by atoms with Crippen molar-refractivity contribution in [2.45, 2.75) is 151 Å². The van der Waals surface area contributed by atoms with Gasteiger partial charge in [0.05, 0.1) is 16.7 Å². The molecule has 13 atom stereocenters. The molecule has 17 bridgehead atoms. The van der Waals surface area contributed by atoms with Crippen LogP contribution in [-0.4, -0.2) is 155 Å². The number of rotatable bonds is 15. The first-order valence-corrected chi connectivity index (χ1v) is 36.2. The summed E-state index contributed by atoms with van der Waals surface area (Å²) in [5, 5.41) is 134. The van der Waals surface area contributed by atoms with Crippen LogP contribution in [0.15, 0.2) is 115 Å². The minimum Gasteiger partial charge on any atom is -0.508 e. The molecule has 0 radical (unpaired) electrons. The van der Waals surface area contributed by atoms with Gasteiger partial charge in [0.1, 0.15) is 107 Å². The van der Waals surface area contributed by atoms with E-state index < -0.39 is 217 Å². The van der Waals surface area contributed by atoms with Crippen molar-refractivity contribution in [3.8, 4) is 80.1 Å². The van der Waals surface area contributed by atoms with Crippen molar-refractivity contribution in [1.29, 1.82) is 0 Å². The number of ether oxygens (including phenoxy) is 5. The lowest BCUT2D eigenvalue weighted by atomic mass is 9.89. The molecule has 0 aromatic heterocycles. The zero-order chi connectivity index (χ0) is 78.7. The van der Waals surface area contributed by atoms with Gasteiger partial charge in [-0.1, -0.05) is 106 Å². The third-order valence-electron chi connectivity index (χ3n) is 19.6. The first kappa shape index (κ1) is 78.4. The minimum absolute atomic E-state index is 0.0553. The fourth-order valence-corrected chi connectivity index (χ4v) is 14.3. The number of nitrogens with one attached hydrogen (secondary N) is 8. The Balaban J connectivity index is 1.08. The first-order chi connectivity index (χ1) is 52.6. The number of amides is 7. The van der Waals surface area contributed by atoms with E-state index >= 15 is 19.2 Å². The predicted octanol–water partition coefficient (Wildman–Crippen LogP) is 6.62. The first-order valence-electron chi connectivity index (χ1n) is 35.4. The van der Waals surface area contributed by atoms with E-state index in [2.05, 4.69) is 56.4 Å². The normalized spacial score (nSPS) is 23.9. The van der Waals surface area contributed by atoms with Crippen LogP contribution >= 0.6 is 23.2 Å². The van der Waals surface area contributed by atoms with Crippen molar-refractivity contribution >= 4 is 70.5 Å². The van der Waals surface area contributed by atoms with Crippen molar-refractivity contribution < 1.29 is 113 Å². The molecule has 7 aliphatic rings. The van der Waals surface area contributed by atoms with Crippen LogP contribution in [0.5, 0.6) is 69.0 Å². The Bertz CT molecular complexity index is 4740. The summed E-state index contributed by atoms with van der Waals surface area (Å²) in [5.74, 6) is -15.5. The highest BCUT2D eigenvalue weighted by Crippen LogP contribution is 2.50. The number of carboxylic acid groups (broad SMARTS) is 1. The molecular weight excluding hydrogens is 1480 g/mol. The number of aliphatic carboxylic acids is 1. The van der Waals surface area contributed by atoms with E-state index in [1.807, 2.05) is 0 Å². The maximum absolute atomic E-state index is 16.4. The second-order valence-electron chi connectivity index (χ2n) is 27.8. The van der Waals surface area contributed by atoms with Gasteiger partial charge in [-0.25, -0.2) is 4.79 Å². The topological polar surface area (TPSA) is 481 Å². The molecule has 0 spiro atoms. The van der Waals surface area contributed by atoms with E-state index in [1.165, 1.54) is 55.6 Å². The summed E-state index contributed by atoms with van der Waals surface area (Å²) in [4.78, 5) is 121. The van der Waals surface area contributed by atoms with Crippen LogP contribution in [0, 0.1) is 5.92 Å². The maximum atomic E-state index is 16.4. The van der Waals surface area contributed by atoms with Gasteiger partial charge in [-0.2, -0.15) is 0 Å². The van der Waals surface area contributed by atoms with E-state index in [0.717, 1.165) is 98.8 Å². The van der Waals surface area contributed by atoms with E-state index in [0.29, 0.717) is 24.3 Å². The summed E-state index contributed by atoms with van der Waals surface area (Å²) >= 11 is 14.1. The van der Waals surface area contributed by atoms with Crippen molar-refractivity contribution in [3.05, 3.63) is 164 Å². The highest BCUT2D eigenvalue weighted by molar-refractivity contribution is 6.33. The Morgan fingerprint density at radius 3 is 1.91 bits per heavy atom. The van der Waals surface area contributed by atoms with Crippen LogP contribution < -0.4 is 61.5 Å². The van der Waals surface area contributed by atoms with Gasteiger partial charge < -0.3 is 117 Å². The Morgan fingerprint density at radius 1 is 0.573 bits per heavy atom. The molecule has 7 aromatic rings. The monoisotopic (exact) mass is 1550 g/mol. The zero-order valence-corrected chi connectivity index (χ0v) is 60.7. The number of phenols is 5. The number of aromatic hydroxyl groups is 5. The summed E-state index contributed by atoms with van der Waals surface area (Å²) in [6, 6.07) is 6.55. The molecule has 1 saturated heterocycles. The molecular formula is C77H80Cl2N8O23. The largest absolute Gasteiger partial charge is 0.508 e. The van der Waals surface area contributed by atoms with Gasteiger partial charge in [0, 0.05) is 47.2 Å². The summed E-state index contributed by atoms with van der Waals surface area (Å²) < 4.78 is 32.5. The lowest BCUT2D eigenvalue weighted by Crippen LogP contribution is -2.65. The van der Waals surface area contributed by atoms with E-state index in [-0.39, 0.29) is 52.5 Å². The van der Waals surface area contributed by atoms with Crippen LogP contribution in [0.3, 0.4) is 0 Å². The molecule has 1 fully saturated rings. The molecule has 0 aliphatic carbocycles. The molecule has 580 valence electrons. The SMILES string of the molecule is CN[C@@H]1C(=O)N[C@@H]2Cc3ccc(cc3)Oc3cc4cc(c3O[C@@H]3O[C@H](CO)[C@@H](O)[C@H](O)[C@H]3NC(=O)CCCCCCCCC(C)C)Oc3ccc(cc3Cl)[C@@H](O)[C@@H]3NC(=O)[C@H](NC(=O)[C@@H]4NC(=O)[C@@H](NC2=O)c2cc(cc(O)c2Cl)Oc2cc1ccc2O)c1ccc(O)c(c1)-c1c(O)cc(O)cc1[C@H](C(=O)O)NC3=O. The molecule has 7 heterocycles. The summed E-state index contributed by atoms with van der Waals surface area (Å²) in [7, 11) is 1.45. The summed E-state index contributed by atoms with van der Waals surface area (Å²) in [6.07, 6.45) is -3.92. The van der Waals surface area contributed by atoms with Crippen LogP contribution in [0.1, 0.15) is 140 Å². The van der Waals surface area contributed by atoms with Gasteiger partial charge in [0.25, 0.3) is 0 Å². The van der Waals surface area contributed by atoms with Gasteiger partial charge in [0.15, 0.2) is 29.0 Å². The average Bonchev–Trinajstić information content (AvgIpc) is 0.773. The second kappa shape index (κ2) is 33.4. The highest BCUT2D eigenvalue weighted by Gasteiger charge is 2.48. The number of likely N-dealkylation sites (N-methyl/N-ethyl adjacent to an activating group) is 1. The predicted molar refractivity (Wildman–Crippen MR) is 390 cm³/mol. The van der Waals surface area contributed by atoms with Crippen molar-refractivity contribution in [1.82, 2.24) is 42.5 Å². The summed E-state index contributed by atoms with van der Waals surface area (Å²) in [5.41, 5.74) is -2.43. The number of carbonyl (C=O) groups is 8. The van der Waals surface area contributed by atoms with Crippen molar-refractivity contribution in [3.63, 3.8) is 0 Å². The van der Waals surface area contributed by atoms with Crippen molar-refractivity contribution in [2.75, 3.05) is 13.7 Å². The fourth-order valence-electron chi connectivity index (χ4n) is 13.8. The quantitative estimate of drug-likeness (QED) is 0.0479. The molecule has 31 nitrogen and oxygen atoms in total. The number of benzene rings is 7. The number of phenolic OH excluding ortho intramolecular Hbond substituents is 5. The zero-order valence-electron chi connectivity index (χ0n) is 59.2. The van der Waals surface area contributed by atoms with Crippen LogP contribution in [-0.2, 0) is 49.5 Å². The van der Waals surface area contributed by atoms with Gasteiger partial charge in [-0.3, -0.25) is 33.6 Å². The third kappa shape index (κ3) is 17.0. The molecule has 7 aliphatic heterocycles. The molecule has 0 unspecified atom stereocenters. The number of carbonyl (C=O) groups excluding carboxylic acids is 7. The van der Waals surface area contributed by atoms with Crippen molar-refractivity contribution in [2.24, 2.45) is 5.92 Å². The number of carboxylic acids is 1. The van der Waals surface area contributed by atoms with E-state index in [4.69, 9.17) is 46.9 Å². The van der Waals surface area contributed by atoms with Crippen LogP contribution in [0.4, 0.5) is 0 Å². The number of halogens is 2. The van der Waals surface area contributed by atoms with Crippen LogP contribution in [0.25, 0.3) is 11.1 Å². The lowest BCUT2D eigenvalue weighted by Gasteiger charge is -2.42. The Kier molecular flexibility index (Phi) is 23.8. The molecule has 7 amide bonds. The van der Waals surface area contributed by atoms with Gasteiger partial charge in [-0.05, 0) is 120 Å². The number of hydrogen-bond acceptors (Lipinski definition) is 23. The lowest BCUT2D eigenvalue weighted by molar-refractivity contribution is -0.244. The Hall–Kier alpha value is -11.2. The average molecular weight is 1560 g/mol. The minimum atomic E-state index is -2.33. The van der Waals surface area contributed by atoms with Gasteiger partial charge >= 0.3 is 5.97 Å². The number of unbranched alkanes of at least 4 members (excludes halogenated alkanes) is 5. The smallest absolute Gasteiger partial charge is 0.330 e. The molecule has 0 saturated carbocycles. The third-order valence-corrected chi connectivity index (χ3v) is 20.3. The second-order valence-corrected chi connectivity index (χ2v) is 28.5. The van der Waals surface area contributed by atoms with E-state index in [9.17, 15) is 70.2 Å². The number of aliphatic hydroxyl groups excluding tert-OH is 4. The van der Waals surface area contributed by atoms with Gasteiger partial charge in [0.2, 0.25) is 53.4 Å². The fraction of sp³-hybridized carbons (Fsp3) is 0.351. The molecule has 110 heavy (non-hydrogen) atoms. The molecule has 18 N–H and O–H groups in total. The number of aliphatic hydroxyl groups is 4. The molecule has 7 aromatic carbocycles. The number of fused-ring (bicyclic) bond motifs is 14. The molecule has 33 heteroatoms. The standard InChI is InChI=1S/C77H80Cl2N8O23/c1-33(2)10-8-6-4-5-7-9-11-56(94)82-65-68(97)67(96)55(32-88)109-77(65)110-69-53-26-38-27-54(69)108-51-21-16-37(24-45(51)78)66(95)64-75(103)86-63(76(104)105)43-28-39(89)29-49(92)57(43)42-23-35(14-19-47(42)90)60(72(100)87-64)83-73(101)61(38)84-74(102)62-44-30-41(31-50(93)58(44)79)107-52-25-36(15-20-48(52)91)59(80-3)71(99)81-46(70(98)85-62)22-34-12-17-40(106-53)18-13-34/h12-21,23-31,33,46,55,59-68,77,80,88-93,95-97H,4-11,22,32H2,1-3H3,(H,81,99)(H,82,94)(H,83,101)(H,84,102)(H,85,98)(H,86,103)(H,87,100)(H,104,105)/t46-,55-,59+,60-,61-,62+,63-,64+,65-,66-,67-,68-,77+/m1/s1. The van der Waals surface area contributed by atoms with E-state index in [1.54, 1.807) is 0 Å². The number of hydrogen-bond donors (Lipinski definition) is 18. The molecule has 14 rings (SSSR count). The van der Waals surface area contributed by atoms with Gasteiger partial charge in [-0.15, -0.1) is 0 Å². The highest BCUT2D eigenvalue weighted by atomic mass is 35.5.